The van der Waals surface area contributed by atoms with Gasteiger partial charge in [-0.2, -0.15) is 0 Å². The molecule has 5 rings (SSSR count). The maximum Gasteiger partial charge on any atom is 0.242 e. The first-order valence-corrected chi connectivity index (χ1v) is 11.1. The third kappa shape index (κ3) is 3.28. The van der Waals surface area contributed by atoms with E-state index in [9.17, 15) is 14.4 Å². The zero-order chi connectivity index (χ0) is 20.9. The maximum absolute atomic E-state index is 12.7. The highest BCUT2D eigenvalue weighted by atomic mass is 35.5. The topological polar surface area (TPSA) is 76.2 Å². The van der Waals surface area contributed by atoms with Crippen molar-refractivity contribution < 1.29 is 23.9 Å². The molecule has 0 aromatic heterocycles. The number of likely N-dealkylation sites (tertiary alicyclic amines) is 2. The minimum atomic E-state index is -0.373. The number of carbonyl (C=O) groups excluding carboxylic acids is 3. The Bertz CT molecular complexity index is 880. The van der Waals surface area contributed by atoms with E-state index in [1.165, 1.54) is 0 Å². The number of amides is 3. The Morgan fingerprint density at radius 3 is 2.63 bits per heavy atom. The van der Waals surface area contributed by atoms with E-state index < -0.39 is 0 Å². The van der Waals surface area contributed by atoms with Gasteiger partial charge < -0.3 is 14.4 Å². The summed E-state index contributed by atoms with van der Waals surface area (Å²) in [6, 6.07) is 5.69. The predicted molar refractivity (Wildman–Crippen MR) is 108 cm³/mol. The lowest BCUT2D eigenvalue weighted by Gasteiger charge is -2.53. The van der Waals surface area contributed by atoms with Crippen molar-refractivity contribution in [2.24, 2.45) is 5.92 Å². The molecule has 0 unspecified atom stereocenters. The highest BCUT2D eigenvalue weighted by molar-refractivity contribution is 6.30. The number of rotatable bonds is 2. The third-order valence-corrected chi connectivity index (χ3v) is 7.24. The quantitative estimate of drug-likeness (QED) is 0.671. The first-order chi connectivity index (χ1) is 14.5. The summed E-state index contributed by atoms with van der Waals surface area (Å²) in [5.41, 5.74) is 0.643. The van der Waals surface area contributed by atoms with Crippen molar-refractivity contribution in [2.75, 3.05) is 26.2 Å². The van der Waals surface area contributed by atoms with Crippen molar-refractivity contribution in [3.05, 3.63) is 28.8 Å². The zero-order valence-corrected chi connectivity index (χ0v) is 17.5. The van der Waals surface area contributed by atoms with E-state index in [4.69, 9.17) is 21.1 Å². The molecule has 8 heteroatoms. The fraction of sp³-hybridized carbons (Fsp3) is 0.591. The van der Waals surface area contributed by atoms with E-state index >= 15 is 0 Å². The SMILES string of the molecule is O=C(CN1C(=O)CCC1=O)N1CCC2(CC1)Oc1ccc(Cl)cc1[C@H]1OCCC[C@@H]12. The van der Waals surface area contributed by atoms with Crippen LogP contribution >= 0.6 is 11.6 Å². The van der Waals surface area contributed by atoms with Crippen LogP contribution < -0.4 is 4.74 Å². The van der Waals surface area contributed by atoms with E-state index in [1.54, 1.807) is 4.90 Å². The standard InChI is InChI=1S/C22H25ClN2O5/c23-14-3-4-17-15(12-14)21-16(2-1-11-29-21)22(30-17)7-9-24(10-8-22)20(28)13-25-18(26)5-6-19(25)27/h3-4,12,16,21H,1-2,5-11,13H2/t16-,21+/m0/s1. The molecular weight excluding hydrogens is 408 g/mol. The minimum absolute atomic E-state index is 0.0386. The summed E-state index contributed by atoms with van der Waals surface area (Å²) in [5, 5.41) is 0.674. The number of imide groups is 1. The van der Waals surface area contributed by atoms with Crippen LogP contribution in [-0.2, 0) is 19.1 Å². The van der Waals surface area contributed by atoms with Gasteiger partial charge in [-0.3, -0.25) is 19.3 Å². The first kappa shape index (κ1) is 19.8. The summed E-state index contributed by atoms with van der Waals surface area (Å²) < 4.78 is 12.8. The molecule has 0 saturated carbocycles. The van der Waals surface area contributed by atoms with Gasteiger partial charge in [-0.1, -0.05) is 11.6 Å². The molecule has 0 aliphatic carbocycles. The van der Waals surface area contributed by atoms with Gasteiger partial charge in [0.05, 0.1) is 6.10 Å². The summed E-state index contributed by atoms with van der Waals surface area (Å²) in [7, 11) is 0. The lowest BCUT2D eigenvalue weighted by Crippen LogP contribution is -2.58. The van der Waals surface area contributed by atoms with Crippen molar-refractivity contribution in [1.29, 1.82) is 0 Å². The highest BCUT2D eigenvalue weighted by Gasteiger charge is 2.53. The van der Waals surface area contributed by atoms with Gasteiger partial charge >= 0.3 is 0 Å². The van der Waals surface area contributed by atoms with Gasteiger partial charge in [0.25, 0.3) is 0 Å². The Morgan fingerprint density at radius 2 is 1.90 bits per heavy atom. The summed E-state index contributed by atoms with van der Waals surface area (Å²) in [5.74, 6) is 0.351. The van der Waals surface area contributed by atoms with Gasteiger partial charge in [0.1, 0.15) is 17.9 Å². The number of nitrogens with zero attached hydrogens (tertiary/aromatic N) is 2. The van der Waals surface area contributed by atoms with Gasteiger partial charge in [0, 0.05) is 61.9 Å². The summed E-state index contributed by atoms with van der Waals surface area (Å²) in [4.78, 5) is 39.2. The number of benzene rings is 1. The van der Waals surface area contributed by atoms with Gasteiger partial charge in [-0.05, 0) is 31.0 Å². The molecule has 3 saturated heterocycles. The molecule has 7 nitrogen and oxygen atoms in total. The number of fused-ring (bicyclic) bond motifs is 4. The fourth-order valence-corrected chi connectivity index (χ4v) is 5.58. The first-order valence-electron chi connectivity index (χ1n) is 10.7. The van der Waals surface area contributed by atoms with Crippen molar-refractivity contribution in [1.82, 2.24) is 9.80 Å². The van der Waals surface area contributed by atoms with Crippen LogP contribution in [-0.4, -0.2) is 59.4 Å². The lowest BCUT2D eigenvalue weighted by atomic mass is 9.70. The van der Waals surface area contributed by atoms with Crippen LogP contribution in [0.5, 0.6) is 5.75 Å². The third-order valence-electron chi connectivity index (χ3n) is 7.00. The van der Waals surface area contributed by atoms with E-state index in [1.807, 2.05) is 18.2 Å². The molecule has 4 heterocycles. The number of ether oxygens (including phenoxy) is 2. The average molecular weight is 433 g/mol. The number of halogens is 1. The van der Waals surface area contributed by atoms with Crippen LogP contribution in [0.3, 0.4) is 0 Å². The molecule has 0 radical (unpaired) electrons. The molecule has 2 atom stereocenters. The van der Waals surface area contributed by atoms with Gasteiger partial charge in [0.15, 0.2) is 0 Å². The second-order valence-electron chi connectivity index (χ2n) is 8.64. The van der Waals surface area contributed by atoms with Crippen molar-refractivity contribution in [2.45, 2.75) is 50.2 Å². The van der Waals surface area contributed by atoms with Crippen LogP contribution in [0.2, 0.25) is 5.02 Å². The van der Waals surface area contributed by atoms with E-state index in [0.29, 0.717) is 31.0 Å². The number of hydrogen-bond acceptors (Lipinski definition) is 5. The molecular formula is C22H25ClN2O5. The summed E-state index contributed by atoms with van der Waals surface area (Å²) in [6.07, 6.45) is 3.78. The Hall–Kier alpha value is -2.12. The summed E-state index contributed by atoms with van der Waals surface area (Å²) >= 11 is 6.22. The second kappa shape index (κ2) is 7.54. The molecule has 4 aliphatic heterocycles. The van der Waals surface area contributed by atoms with Crippen molar-refractivity contribution in [3.8, 4) is 5.75 Å². The monoisotopic (exact) mass is 432 g/mol. The molecule has 1 aromatic carbocycles. The second-order valence-corrected chi connectivity index (χ2v) is 9.08. The maximum atomic E-state index is 12.7. The van der Waals surface area contributed by atoms with Crippen LogP contribution in [0.15, 0.2) is 18.2 Å². The largest absolute Gasteiger partial charge is 0.486 e. The van der Waals surface area contributed by atoms with Crippen LogP contribution in [0.25, 0.3) is 0 Å². The Kier molecular flexibility index (Phi) is 4.98. The predicted octanol–water partition coefficient (Wildman–Crippen LogP) is 2.71. The fourth-order valence-electron chi connectivity index (χ4n) is 5.40. The van der Waals surface area contributed by atoms with Crippen LogP contribution in [0, 0.1) is 5.92 Å². The smallest absolute Gasteiger partial charge is 0.242 e. The minimum Gasteiger partial charge on any atom is -0.486 e. The molecule has 3 amide bonds. The van der Waals surface area contributed by atoms with E-state index in [0.717, 1.165) is 35.7 Å². The number of carbonyl (C=O) groups is 3. The molecule has 1 spiro atoms. The Morgan fingerprint density at radius 1 is 1.17 bits per heavy atom. The van der Waals surface area contributed by atoms with Gasteiger partial charge in [-0.15, -0.1) is 0 Å². The van der Waals surface area contributed by atoms with Crippen molar-refractivity contribution in [3.63, 3.8) is 0 Å². The Balaban J connectivity index is 1.32. The zero-order valence-electron chi connectivity index (χ0n) is 16.8. The molecule has 1 aromatic rings. The van der Waals surface area contributed by atoms with Gasteiger partial charge in [0.2, 0.25) is 17.7 Å². The molecule has 30 heavy (non-hydrogen) atoms. The van der Waals surface area contributed by atoms with Crippen LogP contribution in [0.1, 0.15) is 50.2 Å². The summed E-state index contributed by atoms with van der Waals surface area (Å²) in [6.45, 7) is 1.66. The lowest BCUT2D eigenvalue weighted by molar-refractivity contribution is -0.159. The molecule has 3 fully saturated rings. The molecule has 0 N–H and O–H groups in total. The molecule has 0 bridgehead atoms. The van der Waals surface area contributed by atoms with E-state index in [-0.39, 0.29) is 54.7 Å². The van der Waals surface area contributed by atoms with E-state index in [2.05, 4.69) is 0 Å². The average Bonchev–Trinajstić information content (AvgIpc) is 3.07. The Labute approximate surface area is 180 Å². The molecule has 4 aliphatic rings. The number of hydrogen-bond donors (Lipinski definition) is 0. The number of piperidine rings is 1. The normalized spacial score (nSPS) is 27.6. The molecule has 160 valence electrons. The highest BCUT2D eigenvalue weighted by Crippen LogP contribution is 2.53. The van der Waals surface area contributed by atoms with Crippen LogP contribution in [0.4, 0.5) is 0 Å². The van der Waals surface area contributed by atoms with Gasteiger partial charge in [-0.25, -0.2) is 0 Å². The van der Waals surface area contributed by atoms with Crippen molar-refractivity contribution >= 4 is 29.3 Å².